The van der Waals surface area contributed by atoms with E-state index >= 15 is 0 Å². The molecule has 84 valence electrons. The standard InChI is InChI=1S/C12H11ClFNS/c1-8-15-7-12(16-8)11(13)6-9-3-2-4-10(14)5-9/h2-5,7,11H,6H2,1H3. The molecule has 1 aromatic carbocycles. The van der Waals surface area contributed by atoms with E-state index in [0.29, 0.717) is 6.42 Å². The van der Waals surface area contributed by atoms with E-state index in [2.05, 4.69) is 4.98 Å². The first-order valence-electron chi connectivity index (χ1n) is 4.96. The Morgan fingerprint density at radius 1 is 1.50 bits per heavy atom. The SMILES string of the molecule is Cc1ncc(C(Cl)Cc2cccc(F)c2)s1. The summed E-state index contributed by atoms with van der Waals surface area (Å²) in [6, 6.07) is 6.53. The lowest BCUT2D eigenvalue weighted by Crippen LogP contribution is -1.93. The zero-order valence-electron chi connectivity index (χ0n) is 8.78. The number of nitrogens with zero attached hydrogens (tertiary/aromatic N) is 1. The predicted octanol–water partition coefficient (Wildman–Crippen LogP) is 4.11. The number of benzene rings is 1. The molecule has 0 aliphatic carbocycles. The molecule has 1 aromatic heterocycles. The Labute approximate surface area is 103 Å². The summed E-state index contributed by atoms with van der Waals surface area (Å²) in [7, 11) is 0. The Kier molecular flexibility index (Phi) is 3.56. The molecule has 0 aliphatic rings. The van der Waals surface area contributed by atoms with E-state index in [4.69, 9.17) is 11.6 Å². The van der Waals surface area contributed by atoms with Crippen LogP contribution in [0.25, 0.3) is 0 Å². The molecule has 0 aliphatic heterocycles. The van der Waals surface area contributed by atoms with Crippen molar-refractivity contribution >= 4 is 22.9 Å². The zero-order chi connectivity index (χ0) is 11.5. The molecule has 1 heterocycles. The number of hydrogen-bond acceptors (Lipinski definition) is 2. The van der Waals surface area contributed by atoms with E-state index in [1.807, 2.05) is 13.0 Å². The maximum absolute atomic E-state index is 13.0. The first kappa shape index (κ1) is 11.6. The fourth-order valence-electron chi connectivity index (χ4n) is 1.49. The number of aromatic nitrogens is 1. The van der Waals surface area contributed by atoms with Gasteiger partial charge in [0.05, 0.1) is 10.4 Å². The van der Waals surface area contributed by atoms with Gasteiger partial charge in [-0.05, 0) is 31.0 Å². The van der Waals surface area contributed by atoms with E-state index in [1.165, 1.54) is 12.1 Å². The highest BCUT2D eigenvalue weighted by molar-refractivity contribution is 7.11. The molecule has 1 nitrogen and oxygen atoms in total. The quantitative estimate of drug-likeness (QED) is 0.752. The van der Waals surface area contributed by atoms with Crippen molar-refractivity contribution in [1.29, 1.82) is 0 Å². The number of rotatable bonds is 3. The minimum Gasteiger partial charge on any atom is -0.250 e. The van der Waals surface area contributed by atoms with Crippen LogP contribution in [0.1, 0.15) is 20.8 Å². The molecular formula is C12H11ClFNS. The van der Waals surface area contributed by atoms with Crippen molar-refractivity contribution in [3.05, 3.63) is 51.7 Å². The summed E-state index contributed by atoms with van der Waals surface area (Å²) in [5.41, 5.74) is 0.908. The average Bonchev–Trinajstić information content (AvgIpc) is 2.65. The van der Waals surface area contributed by atoms with Crippen molar-refractivity contribution in [1.82, 2.24) is 4.98 Å². The molecule has 2 aromatic rings. The Morgan fingerprint density at radius 3 is 2.94 bits per heavy atom. The van der Waals surface area contributed by atoms with Crippen LogP contribution in [-0.2, 0) is 6.42 Å². The van der Waals surface area contributed by atoms with E-state index in [9.17, 15) is 4.39 Å². The number of aryl methyl sites for hydroxylation is 1. The van der Waals surface area contributed by atoms with Gasteiger partial charge < -0.3 is 0 Å². The Hall–Kier alpha value is -0.930. The molecule has 16 heavy (non-hydrogen) atoms. The van der Waals surface area contributed by atoms with E-state index in [-0.39, 0.29) is 11.2 Å². The highest BCUT2D eigenvalue weighted by Gasteiger charge is 2.12. The van der Waals surface area contributed by atoms with Crippen molar-refractivity contribution < 1.29 is 4.39 Å². The van der Waals surface area contributed by atoms with Crippen LogP contribution in [0.3, 0.4) is 0 Å². The third-order valence-corrected chi connectivity index (χ3v) is 3.80. The molecule has 0 saturated carbocycles. The van der Waals surface area contributed by atoms with Gasteiger partial charge in [-0.15, -0.1) is 22.9 Å². The first-order chi connectivity index (χ1) is 7.65. The van der Waals surface area contributed by atoms with Gasteiger partial charge in [0.1, 0.15) is 5.82 Å². The summed E-state index contributed by atoms with van der Waals surface area (Å²) in [6.07, 6.45) is 2.41. The third-order valence-electron chi connectivity index (χ3n) is 2.25. The second-order valence-electron chi connectivity index (χ2n) is 3.58. The molecule has 0 bridgehead atoms. The van der Waals surface area contributed by atoms with E-state index in [0.717, 1.165) is 15.4 Å². The maximum atomic E-state index is 13.0. The van der Waals surface area contributed by atoms with Crippen molar-refractivity contribution in [3.8, 4) is 0 Å². The molecule has 0 amide bonds. The summed E-state index contributed by atoms with van der Waals surface area (Å²) in [6.45, 7) is 1.94. The lowest BCUT2D eigenvalue weighted by molar-refractivity contribution is 0.625. The van der Waals surface area contributed by atoms with Crippen LogP contribution in [0.15, 0.2) is 30.5 Å². The molecule has 2 rings (SSSR count). The van der Waals surface area contributed by atoms with Crippen molar-refractivity contribution in [2.45, 2.75) is 18.7 Å². The van der Waals surface area contributed by atoms with Gasteiger partial charge in [0.25, 0.3) is 0 Å². The van der Waals surface area contributed by atoms with Gasteiger partial charge in [-0.2, -0.15) is 0 Å². The van der Waals surface area contributed by atoms with Crippen molar-refractivity contribution in [2.24, 2.45) is 0 Å². The van der Waals surface area contributed by atoms with Crippen LogP contribution in [0.2, 0.25) is 0 Å². The molecule has 4 heteroatoms. The normalized spacial score (nSPS) is 12.7. The molecule has 0 fully saturated rings. The summed E-state index contributed by atoms with van der Waals surface area (Å²) >= 11 is 7.84. The van der Waals surface area contributed by atoms with Crippen LogP contribution in [-0.4, -0.2) is 4.98 Å². The fraction of sp³-hybridized carbons (Fsp3) is 0.250. The first-order valence-corrected chi connectivity index (χ1v) is 6.21. The van der Waals surface area contributed by atoms with Crippen LogP contribution in [0.4, 0.5) is 4.39 Å². The number of alkyl halides is 1. The summed E-state index contributed by atoms with van der Waals surface area (Å²) in [5, 5.41) is 0.868. The lowest BCUT2D eigenvalue weighted by Gasteiger charge is -2.06. The molecule has 0 radical (unpaired) electrons. The van der Waals surface area contributed by atoms with Crippen LogP contribution in [0, 0.1) is 12.7 Å². The van der Waals surface area contributed by atoms with Crippen LogP contribution >= 0.6 is 22.9 Å². The van der Waals surface area contributed by atoms with Gasteiger partial charge in [0.15, 0.2) is 0 Å². The van der Waals surface area contributed by atoms with Gasteiger partial charge in [-0.3, -0.25) is 0 Å². The molecule has 0 spiro atoms. The number of thiazole rings is 1. The predicted molar refractivity (Wildman–Crippen MR) is 65.5 cm³/mol. The van der Waals surface area contributed by atoms with Gasteiger partial charge >= 0.3 is 0 Å². The van der Waals surface area contributed by atoms with Gasteiger partial charge in [0, 0.05) is 11.1 Å². The summed E-state index contributed by atoms with van der Waals surface area (Å²) in [5.74, 6) is -0.221. The van der Waals surface area contributed by atoms with Crippen LogP contribution in [0.5, 0.6) is 0 Å². The summed E-state index contributed by atoms with van der Waals surface area (Å²) < 4.78 is 13.0. The average molecular weight is 256 g/mol. The second-order valence-corrected chi connectivity index (χ2v) is 5.38. The Morgan fingerprint density at radius 2 is 2.31 bits per heavy atom. The monoisotopic (exact) mass is 255 g/mol. The highest BCUT2D eigenvalue weighted by Crippen LogP contribution is 2.29. The highest BCUT2D eigenvalue weighted by atomic mass is 35.5. The van der Waals surface area contributed by atoms with Crippen molar-refractivity contribution in [2.75, 3.05) is 0 Å². The van der Waals surface area contributed by atoms with Gasteiger partial charge in [-0.1, -0.05) is 12.1 Å². The molecule has 1 unspecified atom stereocenters. The van der Waals surface area contributed by atoms with Gasteiger partial charge in [-0.25, -0.2) is 9.37 Å². The lowest BCUT2D eigenvalue weighted by atomic mass is 10.1. The zero-order valence-corrected chi connectivity index (χ0v) is 10.4. The Bertz CT molecular complexity index is 483. The molecule has 1 atom stereocenters. The smallest absolute Gasteiger partial charge is 0.123 e. The van der Waals surface area contributed by atoms with E-state index < -0.39 is 0 Å². The number of halogens is 2. The molecule has 0 N–H and O–H groups in total. The van der Waals surface area contributed by atoms with E-state index in [1.54, 1.807) is 23.6 Å². The molecule has 0 saturated heterocycles. The summed E-state index contributed by atoms with van der Waals surface area (Å²) in [4.78, 5) is 5.19. The molecular weight excluding hydrogens is 245 g/mol. The van der Waals surface area contributed by atoms with Gasteiger partial charge in [0.2, 0.25) is 0 Å². The Balaban J connectivity index is 2.10. The topological polar surface area (TPSA) is 12.9 Å². The second kappa shape index (κ2) is 4.93. The minimum absolute atomic E-state index is 0.131. The van der Waals surface area contributed by atoms with Crippen molar-refractivity contribution in [3.63, 3.8) is 0 Å². The minimum atomic E-state index is -0.221. The fourth-order valence-corrected chi connectivity index (χ4v) is 2.63. The number of hydrogen-bond donors (Lipinski definition) is 0. The van der Waals surface area contributed by atoms with Crippen LogP contribution < -0.4 is 0 Å². The maximum Gasteiger partial charge on any atom is 0.123 e. The largest absolute Gasteiger partial charge is 0.250 e. The third kappa shape index (κ3) is 2.80.